The first kappa shape index (κ1) is 54.0. The zero-order valence-electron chi connectivity index (χ0n) is 37.3. The van der Waals surface area contributed by atoms with Crippen LogP contribution in [-0.2, 0) is 19.2 Å². The number of carbonyl (C=O) groups excluding carboxylic acids is 6. The van der Waals surface area contributed by atoms with Crippen molar-refractivity contribution in [2.24, 2.45) is 10.2 Å². The molecule has 0 aromatic heterocycles. The third-order valence-corrected chi connectivity index (χ3v) is 10.8. The van der Waals surface area contributed by atoms with Crippen LogP contribution in [0.1, 0.15) is 78.9 Å². The summed E-state index contributed by atoms with van der Waals surface area (Å²) in [5, 5.41) is 19.8. The summed E-state index contributed by atoms with van der Waals surface area (Å²) in [6, 6.07) is 21.6. The first-order valence-corrected chi connectivity index (χ1v) is 22.1. The second-order valence-electron chi connectivity index (χ2n) is 13.4. The summed E-state index contributed by atoms with van der Waals surface area (Å²) in [5.41, 5.74) is 7.65. The van der Waals surface area contributed by atoms with E-state index in [0.717, 1.165) is 13.8 Å². The molecule has 5 aromatic rings. The number of carbonyl (C=O) groups is 6. The van der Waals surface area contributed by atoms with Gasteiger partial charge in [0.2, 0.25) is 0 Å². The third kappa shape index (κ3) is 14.4. The van der Waals surface area contributed by atoms with Crippen molar-refractivity contribution >= 4 is 139 Å². The van der Waals surface area contributed by atoms with Gasteiger partial charge in [-0.15, -0.1) is 0 Å². The lowest BCUT2D eigenvalue weighted by Gasteiger charge is -2.14. The van der Waals surface area contributed by atoms with Crippen LogP contribution in [0.3, 0.4) is 0 Å². The number of nitrogens with one attached hydrogen (secondary N) is 6. The molecular formula is C47H47Cl5N8O6. The van der Waals surface area contributed by atoms with E-state index in [4.69, 9.17) is 58.0 Å². The molecule has 0 atom stereocenters. The number of benzene rings is 5. The molecule has 0 aliphatic rings. The monoisotopic (exact) mass is 994 g/mol. The van der Waals surface area contributed by atoms with Gasteiger partial charge in [0.15, 0.2) is 23.0 Å². The average molecular weight is 997 g/mol. The Morgan fingerprint density at radius 2 is 0.818 bits per heavy atom. The second-order valence-corrected chi connectivity index (χ2v) is 15.5. The van der Waals surface area contributed by atoms with Gasteiger partial charge in [0.05, 0.1) is 32.1 Å². The molecule has 0 fully saturated rings. The van der Waals surface area contributed by atoms with Gasteiger partial charge < -0.3 is 21.3 Å². The molecule has 0 heterocycles. The number of Topliss-reactive ketones (excluding diaryl/α,β-unsaturated/α-hetero) is 2. The van der Waals surface area contributed by atoms with Gasteiger partial charge in [-0.25, -0.2) is 0 Å². The normalized spacial score (nSPS) is 10.8. The molecule has 0 bridgehead atoms. The lowest BCUT2D eigenvalue weighted by molar-refractivity contribution is -0.116. The van der Waals surface area contributed by atoms with Gasteiger partial charge in [-0.05, 0) is 110 Å². The van der Waals surface area contributed by atoms with E-state index >= 15 is 0 Å². The summed E-state index contributed by atoms with van der Waals surface area (Å²) in [4.78, 5) is 77.9. The molecule has 0 radical (unpaired) electrons. The van der Waals surface area contributed by atoms with E-state index in [0.29, 0.717) is 38.1 Å². The molecule has 5 aromatic carbocycles. The number of ketones is 2. The molecular weight excluding hydrogens is 950 g/mol. The Morgan fingerprint density at radius 3 is 1.21 bits per heavy atom. The molecule has 0 saturated carbocycles. The fourth-order valence-corrected chi connectivity index (χ4v) is 6.34. The minimum atomic E-state index is -0.943. The van der Waals surface area contributed by atoms with Crippen LogP contribution in [0, 0.1) is 20.8 Å². The maximum Gasteiger partial charge on any atom is 0.279 e. The van der Waals surface area contributed by atoms with Crippen molar-refractivity contribution in [2.75, 3.05) is 32.1 Å². The number of aryl methyl sites for hydroxylation is 1. The highest BCUT2D eigenvalue weighted by molar-refractivity contribution is 6.68. The van der Waals surface area contributed by atoms with E-state index in [9.17, 15) is 28.8 Å². The average Bonchev–Trinajstić information content (AvgIpc) is 3.28. The van der Waals surface area contributed by atoms with E-state index in [1.54, 1.807) is 57.2 Å². The maximum atomic E-state index is 13.3. The topological polar surface area (TPSA) is 199 Å². The largest absolute Gasteiger partial charge is 0.322 e. The zero-order valence-corrected chi connectivity index (χ0v) is 41.1. The van der Waals surface area contributed by atoms with Crippen molar-refractivity contribution in [3.63, 3.8) is 0 Å². The molecule has 5 rings (SSSR count). The van der Waals surface area contributed by atoms with Crippen molar-refractivity contribution in [1.29, 1.82) is 0 Å². The van der Waals surface area contributed by atoms with Gasteiger partial charge in [-0.3, -0.25) is 39.6 Å². The van der Waals surface area contributed by atoms with Gasteiger partial charge in [0.25, 0.3) is 23.6 Å². The van der Waals surface area contributed by atoms with Crippen LogP contribution in [0.4, 0.5) is 34.1 Å². The van der Waals surface area contributed by atoms with Gasteiger partial charge in [-0.1, -0.05) is 97.8 Å². The Balaban J connectivity index is 0.00000281. The molecule has 0 saturated heterocycles. The number of hydrazone groups is 2. The Morgan fingerprint density at radius 1 is 0.424 bits per heavy atom. The first-order valence-electron chi connectivity index (χ1n) is 20.2. The highest BCUT2D eigenvalue weighted by Gasteiger charge is 2.22. The molecule has 66 heavy (non-hydrogen) atoms. The summed E-state index contributed by atoms with van der Waals surface area (Å²) < 4.78 is 0. The van der Waals surface area contributed by atoms with Crippen LogP contribution in [0.2, 0.25) is 25.1 Å². The van der Waals surface area contributed by atoms with Gasteiger partial charge in [-0.2, -0.15) is 10.2 Å². The van der Waals surface area contributed by atoms with Crippen LogP contribution >= 0.6 is 58.0 Å². The standard InChI is InChI=1S/C43H35Cl5N8O6.2C2H6/c1-20-16-35(52-43(62)39(24(5)58)56-54-37-18-26(13-15-30(37)47)41(60)50-33-11-7-9-28(45)22(33)3)31(48)19-34(20)51-42(61)38(23(4)57)55-53-36-17-25(12-14-29(36)46)40(59)49-32-10-6-8-27(44)21(32)2;2*1-2/h6-19,53-54H,1-5H3,(H,49,59)(H,50,60)(H,51,61)(H,52,62);2*1-2H3/b55-38+,56-39+;;. The number of nitrogens with zero attached hydrogens (tertiary/aromatic N) is 2. The summed E-state index contributed by atoms with van der Waals surface area (Å²) in [5.74, 6) is -4.24. The fourth-order valence-electron chi connectivity index (χ4n) is 5.47. The summed E-state index contributed by atoms with van der Waals surface area (Å²) in [6.45, 7) is 15.4. The quantitative estimate of drug-likeness (QED) is 0.0358. The molecule has 0 spiro atoms. The Kier molecular flexibility index (Phi) is 20.8. The Labute approximate surface area is 407 Å². The van der Waals surface area contributed by atoms with Gasteiger partial charge in [0.1, 0.15) is 0 Å². The molecule has 19 heteroatoms. The molecule has 0 aliphatic carbocycles. The molecule has 6 N–H and O–H groups in total. The summed E-state index contributed by atoms with van der Waals surface area (Å²) in [7, 11) is 0. The molecule has 14 nitrogen and oxygen atoms in total. The number of hydrogen-bond acceptors (Lipinski definition) is 10. The zero-order chi connectivity index (χ0) is 49.4. The van der Waals surface area contributed by atoms with Crippen LogP contribution in [0.5, 0.6) is 0 Å². The highest BCUT2D eigenvalue weighted by atomic mass is 35.5. The van der Waals surface area contributed by atoms with Crippen LogP contribution in [-0.4, -0.2) is 46.6 Å². The molecule has 4 amide bonds. The van der Waals surface area contributed by atoms with Crippen molar-refractivity contribution in [3.8, 4) is 0 Å². The number of halogens is 5. The second kappa shape index (κ2) is 25.4. The van der Waals surface area contributed by atoms with E-state index < -0.39 is 46.6 Å². The van der Waals surface area contributed by atoms with E-state index in [-0.39, 0.29) is 48.9 Å². The predicted molar refractivity (Wildman–Crippen MR) is 271 cm³/mol. The van der Waals surface area contributed by atoms with Gasteiger partial charge >= 0.3 is 0 Å². The number of rotatable bonds is 14. The van der Waals surface area contributed by atoms with Crippen LogP contribution in [0.25, 0.3) is 0 Å². The first-order chi connectivity index (χ1) is 31.3. The minimum Gasteiger partial charge on any atom is -0.322 e. The lowest BCUT2D eigenvalue weighted by Crippen LogP contribution is -2.30. The third-order valence-electron chi connectivity index (χ3n) is 8.97. The Bertz CT molecular complexity index is 2560. The van der Waals surface area contributed by atoms with Crippen molar-refractivity contribution in [2.45, 2.75) is 62.3 Å². The fraction of sp³-hybridized carbons (Fsp3) is 0.191. The Hall–Kier alpha value is -6.29. The summed E-state index contributed by atoms with van der Waals surface area (Å²) >= 11 is 31.5. The smallest absolute Gasteiger partial charge is 0.279 e. The van der Waals surface area contributed by atoms with Gasteiger partial charge in [0, 0.05) is 52.1 Å². The van der Waals surface area contributed by atoms with Crippen LogP contribution in [0.15, 0.2) is 95.1 Å². The molecule has 346 valence electrons. The van der Waals surface area contributed by atoms with E-state index in [1.165, 1.54) is 48.5 Å². The summed E-state index contributed by atoms with van der Waals surface area (Å²) in [6.07, 6.45) is 0. The molecule has 0 aliphatic heterocycles. The van der Waals surface area contributed by atoms with Crippen molar-refractivity contribution < 1.29 is 28.8 Å². The van der Waals surface area contributed by atoms with Crippen LogP contribution < -0.4 is 32.1 Å². The van der Waals surface area contributed by atoms with Crippen molar-refractivity contribution in [1.82, 2.24) is 0 Å². The van der Waals surface area contributed by atoms with E-state index in [1.807, 2.05) is 27.7 Å². The molecule has 0 unspecified atom stereocenters. The highest BCUT2D eigenvalue weighted by Crippen LogP contribution is 2.31. The predicted octanol–water partition coefficient (Wildman–Crippen LogP) is 12.4. The number of anilines is 6. The minimum absolute atomic E-state index is 0.0545. The number of amides is 4. The van der Waals surface area contributed by atoms with Crippen molar-refractivity contribution in [3.05, 3.63) is 138 Å². The SMILES string of the molecule is CC.CC.CC(=O)/C(=N\Nc1cc(C(=O)Nc2cccc(Cl)c2C)ccc1Cl)C(=O)Nc1cc(Cl)c(NC(=O)/C(=N/Nc2cc(C(=O)Nc3cccc(Cl)c3C)ccc2Cl)C(C)=O)cc1C. The lowest BCUT2D eigenvalue weighted by atomic mass is 10.1. The number of hydrogen-bond donors (Lipinski definition) is 6. The van der Waals surface area contributed by atoms with E-state index in [2.05, 4.69) is 42.3 Å². The maximum absolute atomic E-state index is 13.3.